The van der Waals surface area contributed by atoms with Gasteiger partial charge >= 0.3 is 5.63 Å². The van der Waals surface area contributed by atoms with Crippen LogP contribution in [0.15, 0.2) is 33.5 Å². The monoisotopic (exact) mass is 291 g/mol. The molecule has 5 heteroatoms. The van der Waals surface area contributed by atoms with Crippen LogP contribution in [0.3, 0.4) is 0 Å². The van der Waals surface area contributed by atoms with E-state index >= 15 is 0 Å². The van der Waals surface area contributed by atoms with Crippen molar-refractivity contribution >= 4 is 23.2 Å². The number of amides is 1. The Morgan fingerprint density at radius 2 is 1.85 bits per heavy atom. The van der Waals surface area contributed by atoms with Crippen LogP contribution in [0.1, 0.15) is 27.2 Å². The number of hydrogen-bond acceptors (Lipinski definition) is 3. The van der Waals surface area contributed by atoms with Crippen molar-refractivity contribution in [3.63, 3.8) is 0 Å². The van der Waals surface area contributed by atoms with Gasteiger partial charge in [-0.2, -0.15) is 0 Å². The van der Waals surface area contributed by atoms with E-state index < -0.39 is 5.63 Å². The predicted molar refractivity (Wildman–Crippen MR) is 78.6 cm³/mol. The second-order valence-electron chi connectivity index (χ2n) is 4.59. The molecule has 0 unspecified atom stereocenters. The molecule has 0 aliphatic rings. The second-order valence-corrected chi connectivity index (χ2v) is 5.03. The summed E-state index contributed by atoms with van der Waals surface area (Å²) in [7, 11) is 0. The summed E-state index contributed by atoms with van der Waals surface area (Å²) in [6.45, 7) is 5.16. The highest BCUT2D eigenvalue weighted by molar-refractivity contribution is 6.31. The van der Waals surface area contributed by atoms with Crippen molar-refractivity contribution in [3.8, 4) is 0 Å². The average Bonchev–Trinajstić information content (AvgIpc) is 2.32. The first-order valence-corrected chi connectivity index (χ1v) is 6.45. The molecule has 0 bridgehead atoms. The van der Waals surface area contributed by atoms with Crippen LogP contribution in [0.25, 0.3) is 0 Å². The van der Waals surface area contributed by atoms with Gasteiger partial charge in [0.25, 0.3) is 5.91 Å². The summed E-state index contributed by atoms with van der Waals surface area (Å²) >= 11 is 5.92. The van der Waals surface area contributed by atoms with Crippen molar-refractivity contribution < 1.29 is 9.21 Å². The molecule has 0 radical (unpaired) electrons. The molecule has 0 spiro atoms. The lowest BCUT2D eigenvalue weighted by Gasteiger charge is -2.11. The SMILES string of the molecule is Cc1ccc(Cl)cc1NC(=O)c1c(C)cc(=O)oc1C. The number of nitrogens with one attached hydrogen (secondary N) is 1. The molecule has 2 rings (SSSR count). The number of benzene rings is 1. The van der Waals surface area contributed by atoms with Crippen LogP contribution in [0, 0.1) is 20.8 Å². The Balaban J connectivity index is 2.38. The zero-order chi connectivity index (χ0) is 14.9. The second kappa shape index (κ2) is 5.51. The summed E-state index contributed by atoms with van der Waals surface area (Å²) in [4.78, 5) is 23.5. The molecule has 1 aromatic heterocycles. The Hall–Kier alpha value is -2.07. The minimum atomic E-state index is -0.463. The minimum absolute atomic E-state index is 0.298. The third-order valence-electron chi connectivity index (χ3n) is 3.01. The molecule has 20 heavy (non-hydrogen) atoms. The minimum Gasteiger partial charge on any atom is -0.427 e. The number of aryl methyl sites for hydroxylation is 3. The molecule has 1 N–H and O–H groups in total. The van der Waals surface area contributed by atoms with Crippen LogP contribution in [0.5, 0.6) is 0 Å². The molecule has 0 fully saturated rings. The van der Waals surface area contributed by atoms with Gasteiger partial charge in [0.15, 0.2) is 0 Å². The molecule has 1 heterocycles. The van der Waals surface area contributed by atoms with E-state index in [1.807, 2.05) is 13.0 Å². The summed E-state index contributed by atoms with van der Waals surface area (Å²) in [6, 6.07) is 6.55. The Morgan fingerprint density at radius 1 is 1.15 bits per heavy atom. The lowest BCUT2D eigenvalue weighted by atomic mass is 10.1. The molecular formula is C15H14ClNO3. The molecule has 4 nitrogen and oxygen atoms in total. The molecule has 1 amide bonds. The third kappa shape index (κ3) is 2.91. The van der Waals surface area contributed by atoms with Crippen molar-refractivity contribution in [2.45, 2.75) is 20.8 Å². The molecule has 104 valence electrons. The van der Waals surface area contributed by atoms with Crippen molar-refractivity contribution in [1.82, 2.24) is 0 Å². The number of hydrogen-bond donors (Lipinski definition) is 1. The molecule has 0 aliphatic carbocycles. The maximum absolute atomic E-state index is 12.3. The lowest BCUT2D eigenvalue weighted by molar-refractivity contribution is 0.102. The summed E-state index contributed by atoms with van der Waals surface area (Å²) < 4.78 is 4.96. The number of carbonyl (C=O) groups excluding carboxylic acids is 1. The summed E-state index contributed by atoms with van der Waals surface area (Å²) in [5.74, 6) is -0.0266. The number of halogens is 1. The van der Waals surface area contributed by atoms with Crippen LogP contribution < -0.4 is 10.9 Å². The maximum Gasteiger partial charge on any atom is 0.336 e. The van der Waals surface area contributed by atoms with E-state index in [1.165, 1.54) is 6.07 Å². The van der Waals surface area contributed by atoms with Gasteiger partial charge in [-0.1, -0.05) is 17.7 Å². The standard InChI is InChI=1S/C15H14ClNO3/c1-8-4-5-11(16)7-12(8)17-15(19)14-9(2)6-13(18)20-10(14)3/h4-7H,1-3H3,(H,17,19). The van der Waals surface area contributed by atoms with Crippen molar-refractivity contribution in [2.24, 2.45) is 0 Å². The van der Waals surface area contributed by atoms with Crippen LogP contribution in [-0.2, 0) is 0 Å². The third-order valence-corrected chi connectivity index (χ3v) is 3.24. The van der Waals surface area contributed by atoms with Gasteiger partial charge in [0, 0.05) is 16.8 Å². The first kappa shape index (κ1) is 14.3. The zero-order valence-corrected chi connectivity index (χ0v) is 12.2. The van der Waals surface area contributed by atoms with Gasteiger partial charge in [-0.15, -0.1) is 0 Å². The molecule has 0 aliphatic heterocycles. The average molecular weight is 292 g/mol. The zero-order valence-electron chi connectivity index (χ0n) is 11.4. The predicted octanol–water partition coefficient (Wildman–Crippen LogP) is 3.47. The lowest BCUT2D eigenvalue weighted by Crippen LogP contribution is -2.17. The first-order valence-electron chi connectivity index (χ1n) is 6.07. The molecule has 0 saturated carbocycles. The molecule has 0 saturated heterocycles. The van der Waals surface area contributed by atoms with Crippen LogP contribution in [0.2, 0.25) is 5.02 Å². The number of rotatable bonds is 2. The van der Waals surface area contributed by atoms with Crippen LogP contribution in [0.4, 0.5) is 5.69 Å². The van der Waals surface area contributed by atoms with E-state index in [0.717, 1.165) is 5.56 Å². The van der Waals surface area contributed by atoms with E-state index in [2.05, 4.69) is 5.32 Å². The van der Waals surface area contributed by atoms with E-state index in [1.54, 1.807) is 26.0 Å². The van der Waals surface area contributed by atoms with Gasteiger partial charge in [0.05, 0.1) is 5.56 Å². The van der Waals surface area contributed by atoms with Crippen molar-refractivity contribution in [3.05, 3.63) is 62.2 Å². The fourth-order valence-electron chi connectivity index (χ4n) is 2.01. The fraction of sp³-hybridized carbons (Fsp3) is 0.200. The maximum atomic E-state index is 12.3. The van der Waals surface area contributed by atoms with Crippen LogP contribution >= 0.6 is 11.6 Å². The molecule has 1 aromatic carbocycles. The van der Waals surface area contributed by atoms with Crippen LogP contribution in [-0.4, -0.2) is 5.91 Å². The van der Waals surface area contributed by atoms with E-state index in [9.17, 15) is 9.59 Å². The van der Waals surface area contributed by atoms with Gasteiger partial charge in [-0.25, -0.2) is 4.79 Å². The highest BCUT2D eigenvalue weighted by Gasteiger charge is 2.16. The van der Waals surface area contributed by atoms with Gasteiger partial charge < -0.3 is 9.73 Å². The van der Waals surface area contributed by atoms with E-state index in [0.29, 0.717) is 27.6 Å². The first-order chi connectivity index (χ1) is 9.38. The van der Waals surface area contributed by atoms with Gasteiger partial charge in [0.1, 0.15) is 5.76 Å². The normalized spacial score (nSPS) is 10.4. The van der Waals surface area contributed by atoms with Crippen molar-refractivity contribution in [2.75, 3.05) is 5.32 Å². The summed E-state index contributed by atoms with van der Waals surface area (Å²) in [5.41, 5.74) is 2.01. The highest BCUT2D eigenvalue weighted by atomic mass is 35.5. The topological polar surface area (TPSA) is 59.3 Å². The summed E-state index contributed by atoms with van der Waals surface area (Å²) in [6.07, 6.45) is 0. The van der Waals surface area contributed by atoms with E-state index in [4.69, 9.17) is 16.0 Å². The Labute approximate surface area is 121 Å². The molecule has 0 atom stereocenters. The van der Waals surface area contributed by atoms with Gasteiger partial charge in [0.2, 0.25) is 0 Å². The quantitative estimate of drug-likeness (QED) is 0.921. The molecule has 2 aromatic rings. The molecular weight excluding hydrogens is 278 g/mol. The highest BCUT2D eigenvalue weighted by Crippen LogP contribution is 2.22. The smallest absolute Gasteiger partial charge is 0.336 e. The Morgan fingerprint density at radius 3 is 2.50 bits per heavy atom. The Kier molecular flexibility index (Phi) is 3.95. The number of anilines is 1. The van der Waals surface area contributed by atoms with Gasteiger partial charge in [-0.05, 0) is 44.0 Å². The largest absolute Gasteiger partial charge is 0.427 e. The summed E-state index contributed by atoms with van der Waals surface area (Å²) in [5, 5.41) is 3.32. The fourth-order valence-corrected chi connectivity index (χ4v) is 2.18. The van der Waals surface area contributed by atoms with Gasteiger partial charge in [-0.3, -0.25) is 4.79 Å². The Bertz CT molecular complexity index is 708. The number of carbonyl (C=O) groups is 1. The van der Waals surface area contributed by atoms with Crippen molar-refractivity contribution in [1.29, 1.82) is 0 Å². The van der Waals surface area contributed by atoms with E-state index in [-0.39, 0.29) is 5.91 Å².